The van der Waals surface area contributed by atoms with E-state index >= 15 is 0 Å². The molecule has 4 heteroatoms. The summed E-state index contributed by atoms with van der Waals surface area (Å²) < 4.78 is 13.0. The summed E-state index contributed by atoms with van der Waals surface area (Å²) in [6.45, 7) is 1.32. The highest BCUT2D eigenvalue weighted by Gasteiger charge is 2.58. The number of hydrogen-bond donors (Lipinski definition) is 1. The molecule has 84 valence electrons. The monoisotopic (exact) mass is 220 g/mol. The van der Waals surface area contributed by atoms with Crippen LogP contribution in [0.3, 0.4) is 0 Å². The summed E-state index contributed by atoms with van der Waals surface area (Å²) in [5.74, 6) is -0.0424. The molecule has 1 amide bonds. The quantitative estimate of drug-likeness (QED) is 0.767. The van der Waals surface area contributed by atoms with Gasteiger partial charge in [0.25, 0.3) is 5.91 Å². The second-order valence-corrected chi connectivity index (χ2v) is 4.83. The van der Waals surface area contributed by atoms with Crippen molar-refractivity contribution in [3.8, 4) is 0 Å². The summed E-state index contributed by atoms with van der Waals surface area (Å²) in [7, 11) is 0. The summed E-state index contributed by atoms with van der Waals surface area (Å²) in [5, 5.41) is 0. The van der Waals surface area contributed by atoms with Gasteiger partial charge in [-0.25, -0.2) is 4.39 Å². The Morgan fingerprint density at radius 3 is 3.00 bits per heavy atom. The zero-order valence-corrected chi connectivity index (χ0v) is 8.82. The van der Waals surface area contributed by atoms with Crippen molar-refractivity contribution in [1.29, 1.82) is 0 Å². The van der Waals surface area contributed by atoms with Gasteiger partial charge in [-0.15, -0.1) is 0 Å². The van der Waals surface area contributed by atoms with Crippen LogP contribution in [-0.2, 0) is 0 Å². The molecule has 3 nitrogen and oxygen atoms in total. The van der Waals surface area contributed by atoms with Crippen molar-refractivity contribution in [1.82, 2.24) is 4.90 Å². The van der Waals surface area contributed by atoms with Gasteiger partial charge in [0.05, 0.1) is 0 Å². The third-order valence-electron chi connectivity index (χ3n) is 3.56. The second kappa shape index (κ2) is 3.04. The molecule has 1 saturated heterocycles. The lowest BCUT2D eigenvalue weighted by molar-refractivity contribution is 0.0772. The van der Waals surface area contributed by atoms with Gasteiger partial charge in [0, 0.05) is 24.2 Å². The van der Waals surface area contributed by atoms with Crippen LogP contribution in [0.2, 0.25) is 0 Å². The van der Waals surface area contributed by atoms with Crippen molar-refractivity contribution < 1.29 is 9.18 Å². The number of carbonyl (C=O) groups is 1. The maximum Gasteiger partial charge on any atom is 0.254 e. The molecule has 16 heavy (non-hydrogen) atoms. The lowest BCUT2D eigenvalue weighted by atomic mass is 10.2. The summed E-state index contributed by atoms with van der Waals surface area (Å²) in [5.41, 5.74) is 6.28. The molecule has 0 bridgehead atoms. The van der Waals surface area contributed by atoms with Crippen LogP contribution in [0.4, 0.5) is 4.39 Å². The van der Waals surface area contributed by atoms with Gasteiger partial charge < -0.3 is 10.6 Å². The zero-order valence-electron chi connectivity index (χ0n) is 8.82. The summed E-state index contributed by atoms with van der Waals surface area (Å²) in [4.78, 5) is 13.7. The Balaban J connectivity index is 1.79. The van der Waals surface area contributed by atoms with Gasteiger partial charge >= 0.3 is 0 Å². The number of amides is 1. The number of hydrogen-bond acceptors (Lipinski definition) is 2. The molecule has 1 aliphatic carbocycles. The van der Waals surface area contributed by atoms with Crippen molar-refractivity contribution >= 4 is 5.91 Å². The number of halogens is 1. The van der Waals surface area contributed by atoms with E-state index in [0.29, 0.717) is 24.6 Å². The van der Waals surface area contributed by atoms with Crippen molar-refractivity contribution in [2.24, 2.45) is 11.7 Å². The fourth-order valence-corrected chi connectivity index (χ4v) is 2.48. The molecule has 0 unspecified atom stereocenters. The predicted molar refractivity (Wildman–Crippen MR) is 57.3 cm³/mol. The minimum Gasteiger partial charge on any atom is -0.336 e. The molecule has 1 aliphatic heterocycles. The lowest BCUT2D eigenvalue weighted by Crippen LogP contribution is -2.37. The summed E-state index contributed by atoms with van der Waals surface area (Å²) >= 11 is 0. The van der Waals surface area contributed by atoms with Gasteiger partial charge in [-0.1, -0.05) is 6.07 Å². The number of benzene rings is 1. The Hall–Kier alpha value is -1.42. The van der Waals surface area contributed by atoms with Crippen LogP contribution in [0.1, 0.15) is 16.8 Å². The normalized spacial score (nSPS) is 31.4. The van der Waals surface area contributed by atoms with Crippen molar-refractivity contribution in [3.63, 3.8) is 0 Å². The third-order valence-corrected chi connectivity index (χ3v) is 3.56. The Labute approximate surface area is 93.0 Å². The standard InChI is InChI=1S/C12H13FN2O/c13-10-3-1-2-8(4-10)11(16)15-6-9-5-12(9,14)7-15/h1-4,9H,5-7,14H2/t9-,12+/m1/s1. The minimum atomic E-state index is -0.377. The Morgan fingerprint density at radius 2 is 2.38 bits per heavy atom. The van der Waals surface area contributed by atoms with Crippen molar-refractivity contribution in [2.75, 3.05) is 13.1 Å². The topological polar surface area (TPSA) is 46.3 Å². The average molecular weight is 220 g/mol. The molecule has 2 fully saturated rings. The van der Waals surface area contributed by atoms with Crippen LogP contribution in [0.15, 0.2) is 24.3 Å². The number of likely N-dealkylation sites (tertiary alicyclic amines) is 1. The maximum atomic E-state index is 13.0. The lowest BCUT2D eigenvalue weighted by Gasteiger charge is -2.19. The SMILES string of the molecule is N[C@]12C[C@@H]1CN(C(=O)c1cccc(F)c1)C2. The average Bonchev–Trinajstić information content (AvgIpc) is 2.76. The van der Waals surface area contributed by atoms with E-state index in [9.17, 15) is 9.18 Å². The zero-order chi connectivity index (χ0) is 11.3. The largest absolute Gasteiger partial charge is 0.336 e. The Bertz CT molecular complexity index is 462. The highest BCUT2D eigenvalue weighted by Crippen LogP contribution is 2.47. The molecule has 2 aliphatic rings. The number of nitrogens with zero attached hydrogens (tertiary/aromatic N) is 1. The molecule has 2 N–H and O–H groups in total. The first-order valence-corrected chi connectivity index (χ1v) is 5.42. The fraction of sp³-hybridized carbons (Fsp3) is 0.417. The smallest absolute Gasteiger partial charge is 0.254 e. The molecule has 2 atom stereocenters. The van der Waals surface area contributed by atoms with Crippen LogP contribution in [0, 0.1) is 11.7 Å². The molecule has 1 heterocycles. The van der Waals surface area contributed by atoms with E-state index in [-0.39, 0.29) is 17.3 Å². The van der Waals surface area contributed by atoms with Gasteiger partial charge in [0.15, 0.2) is 0 Å². The number of fused-ring (bicyclic) bond motifs is 1. The van der Waals surface area contributed by atoms with Crippen LogP contribution in [0.25, 0.3) is 0 Å². The molecule has 3 rings (SSSR count). The maximum absolute atomic E-state index is 13.0. The molecule has 1 aromatic rings. The molecule has 1 saturated carbocycles. The predicted octanol–water partition coefficient (Wildman–Crippen LogP) is 0.999. The van der Waals surface area contributed by atoms with Crippen LogP contribution in [-0.4, -0.2) is 29.4 Å². The first-order valence-electron chi connectivity index (χ1n) is 5.42. The summed E-state index contributed by atoms with van der Waals surface area (Å²) in [6, 6.07) is 5.80. The Morgan fingerprint density at radius 1 is 1.56 bits per heavy atom. The minimum absolute atomic E-state index is 0.114. The molecular weight excluding hydrogens is 207 g/mol. The number of rotatable bonds is 1. The van der Waals surface area contributed by atoms with E-state index in [2.05, 4.69) is 0 Å². The van der Waals surface area contributed by atoms with Gasteiger partial charge in [-0.2, -0.15) is 0 Å². The van der Waals surface area contributed by atoms with E-state index in [0.717, 1.165) is 6.42 Å². The van der Waals surface area contributed by atoms with Gasteiger partial charge in [-0.3, -0.25) is 4.79 Å². The number of nitrogens with two attached hydrogens (primary N) is 1. The van der Waals surface area contributed by atoms with E-state index in [1.54, 1.807) is 17.0 Å². The number of carbonyl (C=O) groups excluding carboxylic acids is 1. The van der Waals surface area contributed by atoms with Gasteiger partial charge in [0.1, 0.15) is 5.82 Å². The molecule has 0 spiro atoms. The second-order valence-electron chi connectivity index (χ2n) is 4.83. The molecular formula is C12H13FN2O. The van der Waals surface area contributed by atoms with Gasteiger partial charge in [-0.05, 0) is 30.5 Å². The van der Waals surface area contributed by atoms with Gasteiger partial charge in [0.2, 0.25) is 0 Å². The first-order chi connectivity index (χ1) is 7.58. The van der Waals surface area contributed by atoms with E-state index in [4.69, 9.17) is 5.73 Å². The van der Waals surface area contributed by atoms with Crippen molar-refractivity contribution in [3.05, 3.63) is 35.6 Å². The fourth-order valence-electron chi connectivity index (χ4n) is 2.48. The van der Waals surface area contributed by atoms with Crippen molar-refractivity contribution in [2.45, 2.75) is 12.0 Å². The third kappa shape index (κ3) is 1.41. The first kappa shape index (κ1) is 9.78. The molecule has 1 aromatic carbocycles. The van der Waals surface area contributed by atoms with Crippen LogP contribution < -0.4 is 5.73 Å². The highest BCUT2D eigenvalue weighted by molar-refractivity contribution is 5.94. The highest BCUT2D eigenvalue weighted by atomic mass is 19.1. The molecule has 0 radical (unpaired) electrons. The van der Waals surface area contributed by atoms with E-state index < -0.39 is 0 Å². The summed E-state index contributed by atoms with van der Waals surface area (Å²) in [6.07, 6.45) is 1.01. The van der Waals surface area contributed by atoms with Crippen LogP contribution >= 0.6 is 0 Å². The van der Waals surface area contributed by atoms with E-state index in [1.807, 2.05) is 0 Å². The molecule has 0 aromatic heterocycles. The number of piperidine rings is 1. The Kier molecular flexibility index (Phi) is 1.86. The van der Waals surface area contributed by atoms with Crippen LogP contribution in [0.5, 0.6) is 0 Å². The van der Waals surface area contributed by atoms with E-state index in [1.165, 1.54) is 12.1 Å².